The van der Waals surface area contributed by atoms with Crippen molar-refractivity contribution in [3.05, 3.63) is 48.2 Å². The number of nitrogens with zero attached hydrogens (tertiary/aromatic N) is 3. The number of hydrazone groups is 1. The van der Waals surface area contributed by atoms with Gasteiger partial charge in [-0.3, -0.25) is 14.8 Å². The Kier molecular flexibility index (Phi) is 8.29. The first-order chi connectivity index (χ1) is 13.2. The number of amides is 1. The van der Waals surface area contributed by atoms with Crippen LogP contribution in [0.2, 0.25) is 0 Å². The molecule has 0 fully saturated rings. The van der Waals surface area contributed by atoms with Crippen LogP contribution in [0.3, 0.4) is 0 Å². The smallest absolute Gasteiger partial charge is 0.207 e. The molecule has 0 spiro atoms. The van der Waals surface area contributed by atoms with Crippen molar-refractivity contribution in [2.24, 2.45) is 5.10 Å². The van der Waals surface area contributed by atoms with Crippen LogP contribution < -0.4 is 10.1 Å². The molecule has 0 radical (unpaired) electrons. The second-order valence-electron chi connectivity index (χ2n) is 6.03. The molecule has 0 saturated heterocycles. The molecule has 6 nitrogen and oxygen atoms in total. The van der Waals surface area contributed by atoms with Gasteiger partial charge in [0.25, 0.3) is 0 Å². The molecule has 1 N–H and O–H groups in total. The third kappa shape index (κ3) is 6.09. The molecule has 0 saturated carbocycles. The van der Waals surface area contributed by atoms with Crippen LogP contribution in [0.25, 0.3) is 11.3 Å². The quantitative estimate of drug-likeness (QED) is 0.286. The summed E-state index contributed by atoms with van der Waals surface area (Å²) < 4.78 is 5.22. The molecule has 0 aliphatic carbocycles. The Balaban J connectivity index is 2.18. The van der Waals surface area contributed by atoms with E-state index in [2.05, 4.69) is 30.2 Å². The molecule has 1 amide bonds. The highest BCUT2D eigenvalue weighted by atomic mass is 16.5. The molecule has 1 heterocycles. The summed E-state index contributed by atoms with van der Waals surface area (Å²) >= 11 is 0. The van der Waals surface area contributed by atoms with E-state index in [1.54, 1.807) is 7.11 Å². The summed E-state index contributed by atoms with van der Waals surface area (Å²) in [5, 5.41) is 9.56. The number of ether oxygens (including phenoxy) is 1. The van der Waals surface area contributed by atoms with E-state index in [1.807, 2.05) is 41.5 Å². The lowest BCUT2D eigenvalue weighted by atomic mass is 10.1. The Morgan fingerprint density at radius 3 is 2.67 bits per heavy atom. The van der Waals surface area contributed by atoms with Crippen molar-refractivity contribution in [2.75, 3.05) is 26.7 Å². The molecule has 0 aliphatic rings. The summed E-state index contributed by atoms with van der Waals surface area (Å²) in [6.07, 6.45) is 4.24. The molecule has 0 atom stereocenters. The van der Waals surface area contributed by atoms with Crippen LogP contribution in [0, 0.1) is 0 Å². The normalized spacial score (nSPS) is 11.1. The van der Waals surface area contributed by atoms with Crippen LogP contribution in [0.4, 0.5) is 0 Å². The first-order valence-corrected chi connectivity index (χ1v) is 9.32. The van der Waals surface area contributed by atoms with Crippen LogP contribution >= 0.6 is 0 Å². The number of rotatable bonds is 11. The molecular formula is C21H28N4O2. The Morgan fingerprint density at radius 1 is 1.26 bits per heavy atom. The van der Waals surface area contributed by atoms with Crippen molar-refractivity contribution in [3.8, 4) is 17.0 Å². The number of carbonyl (C=O) groups is 1. The van der Waals surface area contributed by atoms with Gasteiger partial charge in [-0.05, 0) is 56.2 Å². The number of hydrogen-bond donors (Lipinski definition) is 1. The zero-order chi connectivity index (χ0) is 19.5. The van der Waals surface area contributed by atoms with Crippen LogP contribution in [-0.4, -0.2) is 48.9 Å². The fourth-order valence-corrected chi connectivity index (χ4v) is 2.73. The maximum Gasteiger partial charge on any atom is 0.207 e. The number of methoxy groups -OCH3 is 1. The molecule has 1 aromatic heterocycles. The summed E-state index contributed by atoms with van der Waals surface area (Å²) in [5.74, 6) is 0.827. The van der Waals surface area contributed by atoms with Gasteiger partial charge in [-0.25, -0.2) is 0 Å². The highest BCUT2D eigenvalue weighted by molar-refractivity contribution is 6.00. The Morgan fingerprint density at radius 2 is 2.04 bits per heavy atom. The average Bonchev–Trinajstić information content (AvgIpc) is 2.73. The zero-order valence-electron chi connectivity index (χ0n) is 16.3. The lowest BCUT2D eigenvalue weighted by molar-refractivity contribution is -0.109. The van der Waals surface area contributed by atoms with Crippen LogP contribution in [0.1, 0.15) is 32.3 Å². The summed E-state index contributed by atoms with van der Waals surface area (Å²) in [7, 11) is 1.66. The predicted molar refractivity (Wildman–Crippen MR) is 109 cm³/mol. The van der Waals surface area contributed by atoms with E-state index >= 15 is 0 Å². The van der Waals surface area contributed by atoms with Crippen molar-refractivity contribution in [1.82, 2.24) is 15.3 Å². The highest BCUT2D eigenvalue weighted by Crippen LogP contribution is 2.22. The fourth-order valence-electron chi connectivity index (χ4n) is 2.73. The zero-order valence-corrected chi connectivity index (χ0v) is 16.3. The summed E-state index contributed by atoms with van der Waals surface area (Å²) in [6, 6.07) is 12.0. The SMILES string of the molecule is CC/C(=N\N(CC)CCCNC=O)c1ccnc(-c2ccc(OC)cc2)c1. The van der Waals surface area contributed by atoms with E-state index in [0.29, 0.717) is 6.54 Å². The molecule has 2 rings (SSSR count). The van der Waals surface area contributed by atoms with Crippen LogP contribution in [0.15, 0.2) is 47.7 Å². The highest BCUT2D eigenvalue weighted by Gasteiger charge is 2.08. The van der Waals surface area contributed by atoms with E-state index in [9.17, 15) is 4.79 Å². The minimum atomic E-state index is 0.661. The second-order valence-corrected chi connectivity index (χ2v) is 6.03. The summed E-state index contributed by atoms with van der Waals surface area (Å²) in [5.41, 5.74) is 4.05. The molecule has 144 valence electrons. The molecule has 27 heavy (non-hydrogen) atoms. The standard InChI is InChI=1S/C21H28N4O2/c1-4-20(24-25(5-2)14-6-12-22-16-26)18-11-13-23-21(15-18)17-7-9-19(27-3)10-8-17/h7-11,13,15-16H,4-6,12,14H2,1-3H3,(H,22,26)/b24-20+. The van der Waals surface area contributed by atoms with Crippen molar-refractivity contribution >= 4 is 12.1 Å². The van der Waals surface area contributed by atoms with Gasteiger partial charge in [0.05, 0.1) is 18.5 Å². The first-order valence-electron chi connectivity index (χ1n) is 9.32. The van der Waals surface area contributed by atoms with Gasteiger partial charge < -0.3 is 10.1 Å². The molecule has 0 unspecified atom stereocenters. The van der Waals surface area contributed by atoms with Gasteiger partial charge in [-0.15, -0.1) is 0 Å². The molecule has 0 bridgehead atoms. The van der Waals surface area contributed by atoms with E-state index in [0.717, 1.165) is 60.6 Å². The number of pyridine rings is 1. The van der Waals surface area contributed by atoms with Gasteiger partial charge in [-0.2, -0.15) is 5.10 Å². The van der Waals surface area contributed by atoms with E-state index in [1.165, 1.54) is 0 Å². The largest absolute Gasteiger partial charge is 0.497 e. The molecule has 2 aromatic rings. The van der Waals surface area contributed by atoms with E-state index < -0.39 is 0 Å². The maximum absolute atomic E-state index is 10.3. The number of carbonyl (C=O) groups excluding carboxylic acids is 1. The van der Waals surface area contributed by atoms with Crippen LogP contribution in [-0.2, 0) is 4.79 Å². The summed E-state index contributed by atoms with van der Waals surface area (Å²) in [4.78, 5) is 14.8. The minimum Gasteiger partial charge on any atom is -0.497 e. The Bertz CT molecular complexity index is 744. The number of hydrogen-bond acceptors (Lipinski definition) is 5. The van der Waals surface area contributed by atoms with Crippen molar-refractivity contribution in [1.29, 1.82) is 0 Å². The number of nitrogens with one attached hydrogen (secondary N) is 1. The molecule has 1 aromatic carbocycles. The lowest BCUT2D eigenvalue weighted by Gasteiger charge is -2.19. The topological polar surface area (TPSA) is 66.8 Å². The van der Waals surface area contributed by atoms with Crippen molar-refractivity contribution in [2.45, 2.75) is 26.7 Å². The van der Waals surface area contributed by atoms with Crippen molar-refractivity contribution in [3.63, 3.8) is 0 Å². The Labute approximate surface area is 161 Å². The van der Waals surface area contributed by atoms with Gasteiger partial charge in [0.1, 0.15) is 5.75 Å². The lowest BCUT2D eigenvalue weighted by Crippen LogP contribution is -2.24. The predicted octanol–water partition coefficient (Wildman–Crippen LogP) is 3.33. The monoisotopic (exact) mass is 368 g/mol. The molecule has 6 heteroatoms. The third-order valence-corrected chi connectivity index (χ3v) is 4.26. The van der Waals surface area contributed by atoms with Gasteiger partial charge in [-0.1, -0.05) is 6.92 Å². The van der Waals surface area contributed by atoms with Gasteiger partial charge in [0.15, 0.2) is 0 Å². The average molecular weight is 368 g/mol. The van der Waals surface area contributed by atoms with E-state index in [4.69, 9.17) is 9.84 Å². The minimum absolute atomic E-state index is 0.661. The maximum atomic E-state index is 10.3. The third-order valence-electron chi connectivity index (χ3n) is 4.26. The van der Waals surface area contributed by atoms with Crippen molar-refractivity contribution < 1.29 is 9.53 Å². The van der Waals surface area contributed by atoms with Gasteiger partial charge in [0.2, 0.25) is 6.41 Å². The first kappa shape index (κ1) is 20.4. The Hall–Kier alpha value is -2.89. The number of aromatic nitrogens is 1. The van der Waals surface area contributed by atoms with Crippen LogP contribution in [0.5, 0.6) is 5.75 Å². The van der Waals surface area contributed by atoms with E-state index in [-0.39, 0.29) is 0 Å². The van der Waals surface area contributed by atoms with Gasteiger partial charge >= 0.3 is 0 Å². The molecular weight excluding hydrogens is 340 g/mol. The van der Waals surface area contributed by atoms with Gasteiger partial charge in [0, 0.05) is 37.0 Å². The molecule has 0 aliphatic heterocycles. The fraction of sp³-hybridized carbons (Fsp3) is 0.381. The summed E-state index contributed by atoms with van der Waals surface area (Å²) in [6.45, 7) is 6.47. The number of benzene rings is 1. The second kappa shape index (κ2) is 11.0.